The lowest BCUT2D eigenvalue weighted by molar-refractivity contribution is -0.155. The van der Waals surface area contributed by atoms with Crippen LogP contribution in [0.1, 0.15) is 38.5 Å². The van der Waals surface area contributed by atoms with Crippen LogP contribution in [0.4, 0.5) is 0 Å². The molecule has 3 rings (SSSR count). The van der Waals surface area contributed by atoms with Crippen LogP contribution in [0.5, 0.6) is 0 Å². The maximum atomic E-state index is 11.8. The number of hydrogen-bond donors (Lipinski definition) is 0. The summed E-state index contributed by atoms with van der Waals surface area (Å²) in [5.74, 6) is 0.730. The zero-order valence-corrected chi connectivity index (χ0v) is 13.7. The van der Waals surface area contributed by atoms with E-state index in [0.29, 0.717) is 11.7 Å². The largest absolute Gasteiger partial charge is 0.454 e. The summed E-state index contributed by atoms with van der Waals surface area (Å²) in [7, 11) is 0. The van der Waals surface area contributed by atoms with E-state index >= 15 is 0 Å². The molecule has 1 saturated carbocycles. The van der Waals surface area contributed by atoms with E-state index in [1.165, 1.54) is 6.42 Å². The molecule has 0 bridgehead atoms. The van der Waals surface area contributed by atoms with Gasteiger partial charge in [-0.15, -0.1) is 0 Å². The Bertz CT molecular complexity index is 659. The molecule has 0 aliphatic heterocycles. The Balaban J connectivity index is 1.44. The molecule has 0 saturated heterocycles. The summed E-state index contributed by atoms with van der Waals surface area (Å²) in [6.07, 6.45) is 8.00. The van der Waals surface area contributed by atoms with Gasteiger partial charge in [0.15, 0.2) is 6.61 Å². The SMILES string of the molecule is C[C@@H]1CCCC[C@H]1OCC(=O)OCc1nc(-c2cccnc2)no1. The highest BCUT2D eigenvalue weighted by Gasteiger charge is 2.23. The van der Waals surface area contributed by atoms with Crippen LogP contribution in [0, 0.1) is 5.92 Å². The minimum atomic E-state index is -0.422. The van der Waals surface area contributed by atoms with Crippen molar-refractivity contribution in [2.75, 3.05) is 6.61 Å². The second-order valence-corrected chi connectivity index (χ2v) is 6.03. The first-order valence-corrected chi connectivity index (χ1v) is 8.22. The van der Waals surface area contributed by atoms with Crippen molar-refractivity contribution in [1.29, 1.82) is 0 Å². The van der Waals surface area contributed by atoms with E-state index in [2.05, 4.69) is 22.0 Å². The number of rotatable bonds is 6. The number of nitrogens with zero attached hydrogens (tertiary/aromatic N) is 3. The molecule has 2 heterocycles. The van der Waals surface area contributed by atoms with Gasteiger partial charge in [0.25, 0.3) is 5.89 Å². The fourth-order valence-electron chi connectivity index (χ4n) is 2.81. The standard InChI is InChI=1S/C17H21N3O4/c1-12-5-2-3-7-14(12)22-11-16(21)23-10-15-19-17(20-24-15)13-6-4-8-18-9-13/h4,6,8-9,12,14H,2-3,5,7,10-11H2,1H3/t12-,14-/m1/s1. The van der Waals surface area contributed by atoms with Gasteiger partial charge in [-0.1, -0.05) is 24.9 Å². The first-order chi connectivity index (χ1) is 11.7. The van der Waals surface area contributed by atoms with E-state index in [4.69, 9.17) is 14.0 Å². The Labute approximate surface area is 140 Å². The molecule has 0 unspecified atom stereocenters. The van der Waals surface area contributed by atoms with Crippen LogP contribution in [-0.4, -0.2) is 33.8 Å². The maximum absolute atomic E-state index is 11.8. The summed E-state index contributed by atoms with van der Waals surface area (Å²) < 4.78 is 15.9. The van der Waals surface area contributed by atoms with Crippen LogP contribution in [0.3, 0.4) is 0 Å². The van der Waals surface area contributed by atoms with Crippen LogP contribution < -0.4 is 0 Å². The highest BCUT2D eigenvalue weighted by molar-refractivity contribution is 5.70. The highest BCUT2D eigenvalue weighted by Crippen LogP contribution is 2.26. The zero-order valence-electron chi connectivity index (χ0n) is 13.7. The van der Waals surface area contributed by atoms with Crippen LogP contribution >= 0.6 is 0 Å². The van der Waals surface area contributed by atoms with Crippen molar-refractivity contribution < 1.29 is 18.8 Å². The summed E-state index contributed by atoms with van der Waals surface area (Å²) in [6.45, 7) is 2.06. The minimum absolute atomic E-state index is 0.0430. The third kappa shape index (κ3) is 4.38. The third-order valence-electron chi connectivity index (χ3n) is 4.19. The molecule has 128 valence electrons. The molecule has 0 aromatic carbocycles. The molecular formula is C17H21N3O4. The molecule has 2 aromatic heterocycles. The summed E-state index contributed by atoms with van der Waals surface area (Å²) in [4.78, 5) is 20.0. The van der Waals surface area contributed by atoms with Gasteiger partial charge in [0.2, 0.25) is 5.82 Å². The lowest BCUT2D eigenvalue weighted by atomic mass is 9.88. The number of ether oxygens (including phenoxy) is 2. The van der Waals surface area contributed by atoms with Gasteiger partial charge in [-0.2, -0.15) is 4.98 Å². The Hall–Kier alpha value is -2.28. The molecule has 24 heavy (non-hydrogen) atoms. The second kappa shape index (κ2) is 8.01. The molecule has 7 nitrogen and oxygen atoms in total. The highest BCUT2D eigenvalue weighted by atomic mass is 16.6. The summed E-state index contributed by atoms with van der Waals surface area (Å²) in [5, 5.41) is 3.85. The number of carbonyl (C=O) groups is 1. The van der Waals surface area contributed by atoms with Gasteiger partial charge < -0.3 is 14.0 Å². The first-order valence-electron chi connectivity index (χ1n) is 8.22. The van der Waals surface area contributed by atoms with Crippen molar-refractivity contribution in [3.8, 4) is 11.4 Å². The van der Waals surface area contributed by atoms with Gasteiger partial charge in [0.05, 0.1) is 6.10 Å². The summed E-state index contributed by atoms with van der Waals surface area (Å²) >= 11 is 0. The predicted octanol–water partition coefficient (Wildman–Crippen LogP) is 2.77. The Kier molecular flexibility index (Phi) is 5.53. The molecule has 0 radical (unpaired) electrons. The van der Waals surface area contributed by atoms with Gasteiger partial charge in [0.1, 0.15) is 6.61 Å². The van der Waals surface area contributed by atoms with Gasteiger partial charge in [-0.3, -0.25) is 4.98 Å². The molecular weight excluding hydrogens is 310 g/mol. The minimum Gasteiger partial charge on any atom is -0.454 e. The fraction of sp³-hybridized carbons (Fsp3) is 0.529. The fourth-order valence-corrected chi connectivity index (χ4v) is 2.81. The lowest BCUT2D eigenvalue weighted by Crippen LogP contribution is -2.28. The molecule has 1 fully saturated rings. The van der Waals surface area contributed by atoms with E-state index in [-0.39, 0.29) is 25.2 Å². The average molecular weight is 331 g/mol. The van der Waals surface area contributed by atoms with E-state index in [0.717, 1.165) is 24.8 Å². The van der Waals surface area contributed by atoms with Crippen molar-refractivity contribution in [1.82, 2.24) is 15.1 Å². The van der Waals surface area contributed by atoms with Crippen molar-refractivity contribution in [2.24, 2.45) is 5.92 Å². The number of esters is 1. The topological polar surface area (TPSA) is 87.3 Å². The summed E-state index contributed by atoms with van der Waals surface area (Å²) in [5.41, 5.74) is 0.744. The second-order valence-electron chi connectivity index (χ2n) is 6.03. The molecule has 7 heteroatoms. The van der Waals surface area contributed by atoms with Crippen molar-refractivity contribution >= 4 is 5.97 Å². The van der Waals surface area contributed by atoms with E-state index in [1.54, 1.807) is 18.5 Å². The average Bonchev–Trinajstić information content (AvgIpc) is 3.09. The van der Waals surface area contributed by atoms with Crippen molar-refractivity contribution in [3.05, 3.63) is 30.4 Å². The number of pyridine rings is 1. The number of carbonyl (C=O) groups excluding carboxylic acids is 1. The van der Waals surface area contributed by atoms with Crippen LogP contribution in [0.2, 0.25) is 0 Å². The molecule has 0 amide bonds. The molecule has 1 aliphatic carbocycles. The first kappa shape index (κ1) is 16.6. The molecule has 2 atom stereocenters. The van der Waals surface area contributed by atoms with Gasteiger partial charge in [-0.25, -0.2) is 4.79 Å². The molecule has 2 aromatic rings. The van der Waals surface area contributed by atoms with E-state index < -0.39 is 5.97 Å². The van der Waals surface area contributed by atoms with Gasteiger partial charge >= 0.3 is 5.97 Å². The van der Waals surface area contributed by atoms with E-state index in [1.807, 2.05) is 6.07 Å². The zero-order chi connectivity index (χ0) is 16.8. The predicted molar refractivity (Wildman–Crippen MR) is 84.7 cm³/mol. The van der Waals surface area contributed by atoms with Gasteiger partial charge in [-0.05, 0) is 30.9 Å². The van der Waals surface area contributed by atoms with Crippen LogP contribution in [0.15, 0.2) is 29.0 Å². The maximum Gasteiger partial charge on any atom is 0.332 e. The van der Waals surface area contributed by atoms with Crippen molar-refractivity contribution in [3.63, 3.8) is 0 Å². The van der Waals surface area contributed by atoms with E-state index in [9.17, 15) is 4.79 Å². The Morgan fingerprint density at radius 3 is 3.04 bits per heavy atom. The smallest absolute Gasteiger partial charge is 0.332 e. The lowest BCUT2D eigenvalue weighted by Gasteiger charge is -2.28. The third-order valence-corrected chi connectivity index (χ3v) is 4.19. The Morgan fingerprint density at radius 1 is 1.38 bits per heavy atom. The summed E-state index contributed by atoms with van der Waals surface area (Å²) in [6, 6.07) is 3.61. The quantitative estimate of drug-likeness (QED) is 0.752. The van der Waals surface area contributed by atoms with Crippen LogP contribution in [0.25, 0.3) is 11.4 Å². The molecule has 0 spiro atoms. The van der Waals surface area contributed by atoms with Crippen LogP contribution in [-0.2, 0) is 20.9 Å². The molecule has 1 aliphatic rings. The van der Waals surface area contributed by atoms with Crippen molar-refractivity contribution in [2.45, 2.75) is 45.3 Å². The monoisotopic (exact) mass is 331 g/mol. The number of hydrogen-bond acceptors (Lipinski definition) is 7. The Morgan fingerprint density at radius 2 is 2.25 bits per heavy atom. The normalized spacial score (nSPS) is 20.7. The number of aromatic nitrogens is 3. The van der Waals surface area contributed by atoms with Gasteiger partial charge in [0, 0.05) is 18.0 Å². The molecule has 0 N–H and O–H groups in total.